The van der Waals surface area contributed by atoms with Crippen LogP contribution in [0.15, 0.2) is 24.3 Å². The van der Waals surface area contributed by atoms with Crippen LogP contribution in [0.25, 0.3) is 0 Å². The molecule has 1 amide bonds. The van der Waals surface area contributed by atoms with Gasteiger partial charge in [-0.05, 0) is 30.7 Å². The molecule has 1 aromatic rings. The van der Waals surface area contributed by atoms with Crippen LogP contribution in [0.5, 0.6) is 0 Å². The molecule has 0 bridgehead atoms. The molecule has 4 heteroatoms. The average molecular weight is 311 g/mol. The van der Waals surface area contributed by atoms with Crippen molar-refractivity contribution >= 4 is 23.2 Å². The number of nitrogens with two attached hydrogens (primary N) is 1. The molecular formula is C17H27ClN2O. The Hall–Kier alpha value is -1.22. The predicted octanol–water partition coefficient (Wildman–Crippen LogP) is 4.75. The lowest BCUT2D eigenvalue weighted by molar-refractivity contribution is -0.118. The van der Waals surface area contributed by atoms with Crippen molar-refractivity contribution in [2.45, 2.75) is 64.3 Å². The Labute approximate surface area is 133 Å². The first-order valence-corrected chi connectivity index (χ1v) is 8.32. The average Bonchev–Trinajstić information content (AvgIpc) is 2.47. The van der Waals surface area contributed by atoms with Gasteiger partial charge in [0, 0.05) is 10.7 Å². The molecule has 0 saturated heterocycles. The van der Waals surface area contributed by atoms with E-state index in [0.29, 0.717) is 5.02 Å². The Bertz CT molecular complexity index is 406. The minimum absolute atomic E-state index is 0.295. The van der Waals surface area contributed by atoms with Gasteiger partial charge in [-0.25, -0.2) is 0 Å². The van der Waals surface area contributed by atoms with E-state index in [0.717, 1.165) is 24.9 Å². The van der Waals surface area contributed by atoms with E-state index in [2.05, 4.69) is 12.2 Å². The highest BCUT2D eigenvalue weighted by atomic mass is 35.5. The van der Waals surface area contributed by atoms with Gasteiger partial charge in [0.15, 0.2) is 0 Å². The Morgan fingerprint density at radius 2 is 1.67 bits per heavy atom. The summed E-state index contributed by atoms with van der Waals surface area (Å²) in [7, 11) is 0. The fourth-order valence-electron chi connectivity index (χ4n) is 2.34. The number of hydrogen-bond acceptors (Lipinski definition) is 2. The van der Waals surface area contributed by atoms with Crippen LogP contribution in [0.2, 0.25) is 5.02 Å². The molecule has 0 aliphatic heterocycles. The molecule has 21 heavy (non-hydrogen) atoms. The summed E-state index contributed by atoms with van der Waals surface area (Å²) >= 11 is 5.85. The SMILES string of the molecule is CCCCCCCCCC(Nc1ccc(Cl)cc1)C(N)=O. The number of carbonyl (C=O) groups excluding carboxylic acids is 1. The third-order valence-corrected chi connectivity index (χ3v) is 3.88. The highest BCUT2D eigenvalue weighted by Gasteiger charge is 2.14. The number of unbranched alkanes of at least 4 members (excludes halogenated alkanes) is 6. The van der Waals surface area contributed by atoms with E-state index in [1.807, 2.05) is 12.1 Å². The van der Waals surface area contributed by atoms with Crippen molar-refractivity contribution in [1.82, 2.24) is 0 Å². The first-order chi connectivity index (χ1) is 10.1. The van der Waals surface area contributed by atoms with Crippen molar-refractivity contribution in [3.8, 4) is 0 Å². The molecule has 3 N–H and O–H groups in total. The number of halogens is 1. The molecule has 118 valence electrons. The minimum atomic E-state index is -0.304. The first kappa shape index (κ1) is 17.8. The smallest absolute Gasteiger partial charge is 0.239 e. The first-order valence-electron chi connectivity index (χ1n) is 7.95. The zero-order valence-corrected chi connectivity index (χ0v) is 13.7. The van der Waals surface area contributed by atoms with Crippen LogP contribution in [-0.2, 0) is 4.79 Å². The fourth-order valence-corrected chi connectivity index (χ4v) is 2.46. The van der Waals surface area contributed by atoms with E-state index in [-0.39, 0.29) is 11.9 Å². The highest BCUT2D eigenvalue weighted by molar-refractivity contribution is 6.30. The van der Waals surface area contributed by atoms with Gasteiger partial charge in [-0.3, -0.25) is 4.79 Å². The summed E-state index contributed by atoms with van der Waals surface area (Å²) in [5, 5.41) is 3.87. The number of benzene rings is 1. The maximum Gasteiger partial charge on any atom is 0.239 e. The number of anilines is 1. The number of rotatable bonds is 11. The lowest BCUT2D eigenvalue weighted by atomic mass is 10.0. The van der Waals surface area contributed by atoms with Gasteiger partial charge in [0.2, 0.25) is 5.91 Å². The summed E-state index contributed by atoms with van der Waals surface area (Å²) in [6.07, 6.45) is 9.42. The van der Waals surface area contributed by atoms with Gasteiger partial charge >= 0.3 is 0 Å². The van der Waals surface area contributed by atoms with E-state index in [1.165, 1.54) is 32.1 Å². The molecule has 0 heterocycles. The van der Waals surface area contributed by atoms with Crippen molar-refractivity contribution in [3.05, 3.63) is 29.3 Å². The summed E-state index contributed by atoms with van der Waals surface area (Å²) in [6.45, 7) is 2.22. The molecular weight excluding hydrogens is 284 g/mol. The Kier molecular flexibility index (Phi) is 8.91. The number of primary amides is 1. The second-order valence-electron chi connectivity index (χ2n) is 5.52. The molecule has 0 saturated carbocycles. The third kappa shape index (κ3) is 7.96. The molecule has 0 aliphatic rings. The van der Waals surface area contributed by atoms with Gasteiger partial charge in [0.25, 0.3) is 0 Å². The zero-order valence-electron chi connectivity index (χ0n) is 12.9. The monoisotopic (exact) mass is 310 g/mol. The van der Waals surface area contributed by atoms with Crippen LogP contribution in [0.4, 0.5) is 5.69 Å². The summed E-state index contributed by atoms with van der Waals surface area (Å²) < 4.78 is 0. The predicted molar refractivity (Wildman–Crippen MR) is 90.7 cm³/mol. The van der Waals surface area contributed by atoms with Gasteiger partial charge < -0.3 is 11.1 Å². The number of nitrogens with one attached hydrogen (secondary N) is 1. The van der Waals surface area contributed by atoms with E-state index in [4.69, 9.17) is 17.3 Å². The van der Waals surface area contributed by atoms with E-state index in [9.17, 15) is 4.79 Å². The summed E-state index contributed by atoms with van der Waals surface area (Å²) in [6, 6.07) is 7.03. The van der Waals surface area contributed by atoms with Crippen molar-refractivity contribution in [2.75, 3.05) is 5.32 Å². The standard InChI is InChI=1S/C17H27ClN2O/c1-2-3-4-5-6-7-8-9-16(17(19)21)20-15-12-10-14(18)11-13-15/h10-13,16,20H,2-9H2,1H3,(H2,19,21). The molecule has 1 unspecified atom stereocenters. The van der Waals surface area contributed by atoms with Crippen molar-refractivity contribution < 1.29 is 4.79 Å². The van der Waals surface area contributed by atoms with Gasteiger partial charge in [-0.2, -0.15) is 0 Å². The number of carbonyl (C=O) groups is 1. The molecule has 0 aromatic heterocycles. The van der Waals surface area contributed by atoms with Gasteiger partial charge in [-0.15, -0.1) is 0 Å². The zero-order chi connectivity index (χ0) is 15.5. The molecule has 1 rings (SSSR count). The normalized spacial score (nSPS) is 12.1. The molecule has 0 spiro atoms. The maximum absolute atomic E-state index is 11.5. The lowest BCUT2D eigenvalue weighted by Gasteiger charge is -2.16. The lowest BCUT2D eigenvalue weighted by Crippen LogP contribution is -2.35. The Balaban J connectivity index is 2.27. The third-order valence-electron chi connectivity index (χ3n) is 3.62. The van der Waals surface area contributed by atoms with E-state index < -0.39 is 0 Å². The minimum Gasteiger partial charge on any atom is -0.374 e. The van der Waals surface area contributed by atoms with Gasteiger partial charge in [0.1, 0.15) is 6.04 Å². The van der Waals surface area contributed by atoms with Crippen LogP contribution in [0, 0.1) is 0 Å². The maximum atomic E-state index is 11.5. The summed E-state index contributed by atoms with van der Waals surface area (Å²) in [5.41, 5.74) is 6.35. The fraction of sp³-hybridized carbons (Fsp3) is 0.588. The van der Waals surface area contributed by atoms with Gasteiger partial charge in [0.05, 0.1) is 0 Å². The van der Waals surface area contributed by atoms with Crippen molar-refractivity contribution in [2.24, 2.45) is 5.73 Å². The molecule has 0 radical (unpaired) electrons. The quantitative estimate of drug-likeness (QED) is 0.580. The molecule has 1 aromatic carbocycles. The Morgan fingerprint density at radius 3 is 2.24 bits per heavy atom. The van der Waals surface area contributed by atoms with Crippen LogP contribution in [-0.4, -0.2) is 11.9 Å². The van der Waals surface area contributed by atoms with Crippen LogP contribution >= 0.6 is 11.6 Å². The van der Waals surface area contributed by atoms with E-state index in [1.54, 1.807) is 12.1 Å². The molecule has 0 aliphatic carbocycles. The van der Waals surface area contributed by atoms with E-state index >= 15 is 0 Å². The number of hydrogen-bond donors (Lipinski definition) is 2. The van der Waals surface area contributed by atoms with Crippen LogP contribution in [0.1, 0.15) is 58.3 Å². The number of amides is 1. The largest absolute Gasteiger partial charge is 0.374 e. The van der Waals surface area contributed by atoms with Crippen molar-refractivity contribution in [3.63, 3.8) is 0 Å². The topological polar surface area (TPSA) is 55.1 Å². The molecule has 3 nitrogen and oxygen atoms in total. The van der Waals surface area contributed by atoms with Crippen LogP contribution in [0.3, 0.4) is 0 Å². The highest BCUT2D eigenvalue weighted by Crippen LogP contribution is 2.16. The molecule has 0 fully saturated rings. The second-order valence-corrected chi connectivity index (χ2v) is 5.95. The Morgan fingerprint density at radius 1 is 1.10 bits per heavy atom. The van der Waals surface area contributed by atoms with Gasteiger partial charge in [-0.1, -0.05) is 63.5 Å². The molecule has 1 atom stereocenters. The van der Waals surface area contributed by atoms with Crippen molar-refractivity contribution in [1.29, 1.82) is 0 Å². The summed E-state index contributed by atoms with van der Waals surface area (Å²) in [4.78, 5) is 11.5. The van der Waals surface area contributed by atoms with Crippen LogP contribution < -0.4 is 11.1 Å². The second kappa shape index (κ2) is 10.5. The summed E-state index contributed by atoms with van der Waals surface area (Å²) in [5.74, 6) is -0.295.